The first-order valence-corrected chi connectivity index (χ1v) is 6.74. The zero-order valence-electron chi connectivity index (χ0n) is 11.8. The van der Waals surface area contributed by atoms with Crippen LogP contribution in [0.2, 0.25) is 0 Å². The van der Waals surface area contributed by atoms with Crippen molar-refractivity contribution < 1.29 is 19.9 Å². The van der Waals surface area contributed by atoms with Gasteiger partial charge in [0.1, 0.15) is 0 Å². The second-order valence-corrected chi connectivity index (χ2v) is 3.68. The molecule has 0 aliphatic rings. The second-order valence-electron chi connectivity index (χ2n) is 3.68. The Hall–Kier alpha value is -0.240. The van der Waals surface area contributed by atoms with Gasteiger partial charge in [0, 0.05) is 0 Å². The fraction of sp³-hybridized carbons (Fsp3) is 1.00. The fourth-order valence-electron chi connectivity index (χ4n) is 0.945. The van der Waals surface area contributed by atoms with Crippen molar-refractivity contribution in [2.75, 3.05) is 39.5 Å². The minimum absolute atomic E-state index is 0.0600. The smallest absolute Gasteiger partial charge is 0.0940 e. The van der Waals surface area contributed by atoms with Gasteiger partial charge in [-0.1, -0.05) is 32.3 Å². The van der Waals surface area contributed by atoms with E-state index in [-0.39, 0.29) is 26.4 Å². The largest absolute Gasteiger partial charge is 0.394 e. The van der Waals surface area contributed by atoms with E-state index in [4.69, 9.17) is 10.2 Å². The molecule has 0 unspecified atom stereocenters. The van der Waals surface area contributed by atoms with Gasteiger partial charge >= 0.3 is 0 Å². The van der Waals surface area contributed by atoms with Gasteiger partial charge in [-0.25, -0.2) is 0 Å². The number of nitrogens with one attached hydrogen (secondary N) is 2. The van der Waals surface area contributed by atoms with Gasteiger partial charge in [-0.3, -0.25) is 9.68 Å². The van der Waals surface area contributed by atoms with Crippen LogP contribution in [0, 0.1) is 0 Å². The van der Waals surface area contributed by atoms with Gasteiger partial charge < -0.3 is 15.5 Å². The van der Waals surface area contributed by atoms with Crippen molar-refractivity contribution in [3.8, 4) is 0 Å². The summed E-state index contributed by atoms with van der Waals surface area (Å²) in [5, 5.41) is 19.7. The molecule has 0 radical (unpaired) electrons. The predicted molar refractivity (Wildman–Crippen MR) is 71.9 cm³/mol. The van der Waals surface area contributed by atoms with Crippen LogP contribution in [0.5, 0.6) is 0 Å². The van der Waals surface area contributed by atoms with Gasteiger partial charge in [-0.15, -0.1) is 0 Å². The first-order chi connectivity index (χ1) is 8.83. The summed E-state index contributed by atoms with van der Waals surface area (Å²) < 4.78 is 0. The molecule has 0 heterocycles. The first kappa shape index (κ1) is 20.1. The molecule has 0 aliphatic carbocycles. The SMILES string of the molecule is CCCCNCCCC.OCCONOCCO. The molecule has 0 atom stereocenters. The summed E-state index contributed by atoms with van der Waals surface area (Å²) in [6, 6.07) is 0. The van der Waals surface area contributed by atoms with E-state index >= 15 is 0 Å². The number of unbranched alkanes of at least 4 members (excludes halogenated alkanes) is 2. The molecule has 6 heteroatoms. The quantitative estimate of drug-likeness (QED) is 0.306. The van der Waals surface area contributed by atoms with Crippen molar-refractivity contribution in [1.29, 1.82) is 0 Å². The van der Waals surface area contributed by atoms with E-state index in [9.17, 15) is 0 Å². The summed E-state index contributed by atoms with van der Waals surface area (Å²) in [5.41, 5.74) is 2.07. The molecule has 0 saturated heterocycles. The van der Waals surface area contributed by atoms with Crippen LogP contribution in [0.15, 0.2) is 0 Å². The lowest BCUT2D eigenvalue weighted by atomic mass is 10.3. The van der Waals surface area contributed by atoms with Crippen LogP contribution >= 0.6 is 0 Å². The summed E-state index contributed by atoms with van der Waals surface area (Å²) in [6.07, 6.45) is 5.26. The summed E-state index contributed by atoms with van der Waals surface area (Å²) in [5.74, 6) is 0. The molecule has 0 aliphatic heterocycles. The third kappa shape index (κ3) is 24.8. The van der Waals surface area contributed by atoms with Crippen LogP contribution in [-0.2, 0) is 9.68 Å². The minimum Gasteiger partial charge on any atom is -0.394 e. The van der Waals surface area contributed by atoms with Crippen LogP contribution in [0.4, 0.5) is 0 Å². The van der Waals surface area contributed by atoms with E-state index in [1.807, 2.05) is 0 Å². The minimum atomic E-state index is -0.0600. The Labute approximate surface area is 111 Å². The van der Waals surface area contributed by atoms with Gasteiger partial charge in [-0.2, -0.15) is 0 Å². The molecular weight excluding hydrogens is 236 g/mol. The highest BCUT2D eigenvalue weighted by Crippen LogP contribution is 1.85. The zero-order chi connectivity index (χ0) is 13.9. The van der Waals surface area contributed by atoms with Gasteiger partial charge in [0.15, 0.2) is 0 Å². The molecule has 0 aromatic rings. The molecule has 0 amide bonds. The highest BCUT2D eigenvalue weighted by molar-refractivity contribution is 4.45. The van der Waals surface area contributed by atoms with Crippen LogP contribution in [0.1, 0.15) is 39.5 Å². The zero-order valence-corrected chi connectivity index (χ0v) is 11.8. The highest BCUT2D eigenvalue weighted by atomic mass is 16.9. The maximum absolute atomic E-state index is 8.15. The van der Waals surface area contributed by atoms with E-state index in [0.717, 1.165) is 0 Å². The fourth-order valence-corrected chi connectivity index (χ4v) is 0.945. The van der Waals surface area contributed by atoms with Crippen molar-refractivity contribution in [3.05, 3.63) is 0 Å². The highest BCUT2D eigenvalue weighted by Gasteiger charge is 1.84. The lowest BCUT2D eigenvalue weighted by Gasteiger charge is -2.01. The van der Waals surface area contributed by atoms with Crippen LogP contribution in [0.3, 0.4) is 0 Å². The number of hydrogen-bond donors (Lipinski definition) is 4. The molecule has 0 aromatic heterocycles. The molecule has 112 valence electrons. The number of hydrogen-bond acceptors (Lipinski definition) is 6. The normalized spacial score (nSPS) is 10.0. The van der Waals surface area contributed by atoms with Gasteiger partial charge in [0.2, 0.25) is 0 Å². The molecule has 0 fully saturated rings. The Bertz CT molecular complexity index is 103. The van der Waals surface area contributed by atoms with Crippen LogP contribution in [0.25, 0.3) is 0 Å². The van der Waals surface area contributed by atoms with Crippen molar-refractivity contribution >= 4 is 0 Å². The predicted octanol–water partition coefficient (Wildman–Crippen LogP) is 0.600. The Kier molecular flexibility index (Phi) is 24.5. The second kappa shape index (κ2) is 22.0. The monoisotopic (exact) mass is 266 g/mol. The third-order valence-corrected chi connectivity index (χ3v) is 1.92. The first-order valence-electron chi connectivity index (χ1n) is 6.74. The third-order valence-electron chi connectivity index (χ3n) is 1.92. The van der Waals surface area contributed by atoms with Crippen LogP contribution < -0.4 is 11.0 Å². The standard InChI is InChI=1S/C8H19N.C4H11NO4/c1-3-5-7-9-8-6-4-2;6-1-3-8-5-9-4-2-7/h9H,3-8H2,1-2H3;5-7H,1-4H2. The molecule has 0 spiro atoms. The van der Waals surface area contributed by atoms with Gasteiger partial charge in [0.25, 0.3) is 0 Å². The topological polar surface area (TPSA) is 83.0 Å². The maximum Gasteiger partial charge on any atom is 0.0940 e. The summed E-state index contributed by atoms with van der Waals surface area (Å²) >= 11 is 0. The Morgan fingerprint density at radius 3 is 1.61 bits per heavy atom. The average Bonchev–Trinajstić information content (AvgIpc) is 2.39. The van der Waals surface area contributed by atoms with E-state index in [1.54, 1.807) is 0 Å². The summed E-state index contributed by atoms with van der Waals surface area (Å²) in [7, 11) is 0. The van der Waals surface area contributed by atoms with Crippen molar-refractivity contribution in [2.45, 2.75) is 39.5 Å². The molecule has 0 bridgehead atoms. The maximum atomic E-state index is 8.15. The molecule has 0 rings (SSSR count). The Balaban J connectivity index is 0. The Morgan fingerprint density at radius 2 is 1.28 bits per heavy atom. The van der Waals surface area contributed by atoms with E-state index in [0.29, 0.717) is 0 Å². The summed E-state index contributed by atoms with van der Waals surface area (Å²) in [6.45, 7) is 7.08. The Morgan fingerprint density at radius 1 is 0.833 bits per heavy atom. The lowest BCUT2D eigenvalue weighted by Crippen LogP contribution is -2.19. The van der Waals surface area contributed by atoms with E-state index < -0.39 is 0 Å². The van der Waals surface area contributed by atoms with Crippen LogP contribution in [-0.4, -0.2) is 49.7 Å². The van der Waals surface area contributed by atoms with Gasteiger partial charge in [-0.05, 0) is 25.9 Å². The number of rotatable bonds is 12. The van der Waals surface area contributed by atoms with Crippen molar-refractivity contribution in [3.63, 3.8) is 0 Å². The average molecular weight is 266 g/mol. The molecule has 6 nitrogen and oxygen atoms in total. The summed E-state index contributed by atoms with van der Waals surface area (Å²) in [4.78, 5) is 8.90. The molecular formula is C12H30N2O4. The van der Waals surface area contributed by atoms with Gasteiger partial charge in [0.05, 0.1) is 26.4 Å². The van der Waals surface area contributed by atoms with Crippen molar-refractivity contribution in [2.24, 2.45) is 0 Å². The molecule has 0 saturated carbocycles. The van der Waals surface area contributed by atoms with Crippen molar-refractivity contribution in [1.82, 2.24) is 11.0 Å². The molecule has 4 N–H and O–H groups in total. The van der Waals surface area contributed by atoms with E-state index in [2.05, 4.69) is 34.5 Å². The number of aliphatic hydroxyl groups excluding tert-OH is 2. The molecule has 0 aromatic carbocycles. The lowest BCUT2D eigenvalue weighted by molar-refractivity contribution is -0.178. The van der Waals surface area contributed by atoms with E-state index in [1.165, 1.54) is 38.8 Å². The molecule has 18 heavy (non-hydrogen) atoms. The number of aliphatic hydroxyl groups is 2.